The molecule has 0 fully saturated rings. The number of rotatable bonds is 9. The summed E-state index contributed by atoms with van der Waals surface area (Å²) in [6.07, 6.45) is 0.158. The number of methoxy groups -OCH3 is 1. The van der Waals surface area contributed by atoms with Crippen molar-refractivity contribution in [3.05, 3.63) is 64.7 Å². The average molecular weight is 405 g/mol. The monoisotopic (exact) mass is 404 g/mol. The molecule has 0 aromatic heterocycles. The molecule has 2 amide bonds. The number of aliphatic hydroxyl groups excluding tert-OH is 1. The number of carbonyl (C=O) groups excluding carboxylic acids is 2. The van der Waals surface area contributed by atoms with Crippen molar-refractivity contribution in [2.24, 2.45) is 0 Å². The van der Waals surface area contributed by atoms with Crippen molar-refractivity contribution in [2.45, 2.75) is 25.9 Å². The summed E-state index contributed by atoms with van der Waals surface area (Å²) in [5, 5.41) is 12.2. The number of ether oxygens (including phenoxy) is 1. The smallest absolute Gasteiger partial charge is 0.242 e. The van der Waals surface area contributed by atoms with Crippen molar-refractivity contribution in [1.29, 1.82) is 0 Å². The lowest BCUT2D eigenvalue weighted by molar-refractivity contribution is -0.140. The van der Waals surface area contributed by atoms with Gasteiger partial charge in [-0.2, -0.15) is 0 Å². The minimum atomic E-state index is -0.687. The van der Waals surface area contributed by atoms with Crippen LogP contribution in [-0.4, -0.2) is 48.1 Å². The largest absolute Gasteiger partial charge is 0.497 e. The molecule has 2 N–H and O–H groups in total. The van der Waals surface area contributed by atoms with E-state index >= 15 is 0 Å². The average Bonchev–Trinajstić information content (AvgIpc) is 2.71. The number of carbonyl (C=O) groups is 2. The van der Waals surface area contributed by atoms with Crippen LogP contribution in [0.2, 0.25) is 5.02 Å². The van der Waals surface area contributed by atoms with E-state index < -0.39 is 6.04 Å². The quantitative estimate of drug-likeness (QED) is 0.672. The van der Waals surface area contributed by atoms with E-state index in [-0.39, 0.29) is 37.9 Å². The second kappa shape index (κ2) is 10.7. The molecule has 0 aliphatic carbocycles. The molecule has 0 spiro atoms. The topological polar surface area (TPSA) is 78.9 Å². The fourth-order valence-corrected chi connectivity index (χ4v) is 2.84. The van der Waals surface area contributed by atoms with E-state index in [1.165, 1.54) is 4.90 Å². The zero-order chi connectivity index (χ0) is 20.5. The standard InChI is InChI=1S/C21H25ClN2O4/c1-15(21(27)23-11-12-25)24(14-17-5-9-19(28-2)10-6-17)20(26)13-16-3-7-18(22)8-4-16/h3-10,15,25H,11-14H2,1-2H3,(H,23,27)/t15-/m0/s1. The van der Waals surface area contributed by atoms with Crippen molar-refractivity contribution in [1.82, 2.24) is 10.2 Å². The second-order valence-corrected chi connectivity index (χ2v) is 6.80. The third-order valence-corrected chi connectivity index (χ3v) is 4.61. The summed E-state index contributed by atoms with van der Waals surface area (Å²) in [5.74, 6) is 0.230. The van der Waals surface area contributed by atoms with E-state index in [1.54, 1.807) is 38.3 Å². The van der Waals surface area contributed by atoms with Crippen LogP contribution in [-0.2, 0) is 22.6 Å². The number of nitrogens with zero attached hydrogens (tertiary/aromatic N) is 1. The SMILES string of the molecule is COc1ccc(CN(C(=O)Cc2ccc(Cl)cc2)[C@@H](C)C(=O)NCCO)cc1. The lowest BCUT2D eigenvalue weighted by Gasteiger charge is -2.29. The first kappa shape index (κ1) is 21.7. The van der Waals surface area contributed by atoms with Crippen LogP contribution >= 0.6 is 11.6 Å². The molecule has 28 heavy (non-hydrogen) atoms. The number of hydrogen-bond acceptors (Lipinski definition) is 4. The molecule has 0 saturated carbocycles. The Bertz CT molecular complexity index is 778. The Morgan fingerprint density at radius 1 is 1.11 bits per heavy atom. The highest BCUT2D eigenvalue weighted by Gasteiger charge is 2.26. The van der Waals surface area contributed by atoms with Crippen molar-refractivity contribution < 1.29 is 19.4 Å². The number of benzene rings is 2. The molecule has 2 rings (SSSR count). The van der Waals surface area contributed by atoms with Crippen LogP contribution in [0.4, 0.5) is 0 Å². The zero-order valence-electron chi connectivity index (χ0n) is 16.0. The summed E-state index contributed by atoms with van der Waals surface area (Å²) in [6.45, 7) is 1.95. The van der Waals surface area contributed by atoms with Crippen LogP contribution in [0.25, 0.3) is 0 Å². The van der Waals surface area contributed by atoms with Gasteiger partial charge in [0.05, 0.1) is 20.1 Å². The van der Waals surface area contributed by atoms with Gasteiger partial charge in [0.1, 0.15) is 11.8 Å². The van der Waals surface area contributed by atoms with E-state index in [1.807, 2.05) is 24.3 Å². The van der Waals surface area contributed by atoms with Gasteiger partial charge in [-0.25, -0.2) is 0 Å². The maximum atomic E-state index is 13.0. The molecule has 0 saturated heterocycles. The van der Waals surface area contributed by atoms with Gasteiger partial charge in [0.2, 0.25) is 11.8 Å². The van der Waals surface area contributed by atoms with Gasteiger partial charge < -0.3 is 20.1 Å². The predicted molar refractivity (Wildman–Crippen MR) is 108 cm³/mol. The van der Waals surface area contributed by atoms with E-state index in [0.29, 0.717) is 5.02 Å². The van der Waals surface area contributed by atoms with Crippen LogP contribution in [0.15, 0.2) is 48.5 Å². The molecule has 1 atom stereocenters. The Balaban J connectivity index is 2.18. The molecule has 7 heteroatoms. The van der Waals surface area contributed by atoms with Gasteiger partial charge >= 0.3 is 0 Å². The van der Waals surface area contributed by atoms with E-state index in [0.717, 1.165) is 16.9 Å². The summed E-state index contributed by atoms with van der Waals surface area (Å²) in [7, 11) is 1.59. The molecule has 2 aromatic rings. The Kier molecular flexibility index (Phi) is 8.29. The minimum Gasteiger partial charge on any atom is -0.497 e. The van der Waals surface area contributed by atoms with Crippen molar-refractivity contribution in [2.75, 3.05) is 20.3 Å². The molecule has 0 unspecified atom stereocenters. The number of amides is 2. The maximum absolute atomic E-state index is 13.0. The molecule has 0 aliphatic rings. The molecule has 6 nitrogen and oxygen atoms in total. The highest BCUT2D eigenvalue weighted by molar-refractivity contribution is 6.30. The first-order valence-corrected chi connectivity index (χ1v) is 9.37. The Morgan fingerprint density at radius 3 is 2.29 bits per heavy atom. The predicted octanol–water partition coefficient (Wildman–Crippen LogP) is 2.42. The fraction of sp³-hybridized carbons (Fsp3) is 0.333. The molecular formula is C21H25ClN2O4. The summed E-state index contributed by atoms with van der Waals surface area (Å²) >= 11 is 5.90. The highest BCUT2D eigenvalue weighted by atomic mass is 35.5. The van der Waals surface area contributed by atoms with E-state index in [2.05, 4.69) is 5.32 Å². The molecule has 150 valence electrons. The van der Waals surface area contributed by atoms with Crippen LogP contribution in [0, 0.1) is 0 Å². The molecule has 2 aromatic carbocycles. The van der Waals surface area contributed by atoms with E-state index in [9.17, 15) is 9.59 Å². The summed E-state index contributed by atoms with van der Waals surface area (Å²) in [6, 6.07) is 13.7. The molecular weight excluding hydrogens is 380 g/mol. The van der Waals surface area contributed by atoms with Crippen LogP contribution in [0.1, 0.15) is 18.1 Å². The fourth-order valence-electron chi connectivity index (χ4n) is 2.72. The van der Waals surface area contributed by atoms with Gasteiger partial charge in [-0.15, -0.1) is 0 Å². The van der Waals surface area contributed by atoms with Gasteiger partial charge in [0, 0.05) is 18.1 Å². The Labute approximate surface area is 170 Å². The first-order chi connectivity index (χ1) is 13.4. The van der Waals surface area contributed by atoms with Gasteiger partial charge in [-0.05, 0) is 42.3 Å². The lowest BCUT2D eigenvalue weighted by Crippen LogP contribution is -2.48. The molecule has 0 heterocycles. The number of aliphatic hydroxyl groups is 1. The van der Waals surface area contributed by atoms with Crippen LogP contribution in [0.5, 0.6) is 5.75 Å². The summed E-state index contributed by atoms with van der Waals surface area (Å²) in [5.41, 5.74) is 1.70. The molecule has 0 aliphatic heterocycles. The molecule has 0 bridgehead atoms. The van der Waals surface area contributed by atoms with Gasteiger partial charge in [-0.3, -0.25) is 9.59 Å². The number of nitrogens with one attached hydrogen (secondary N) is 1. The minimum absolute atomic E-state index is 0.144. The van der Waals surface area contributed by atoms with Crippen molar-refractivity contribution >= 4 is 23.4 Å². The van der Waals surface area contributed by atoms with Gasteiger partial charge in [0.25, 0.3) is 0 Å². The van der Waals surface area contributed by atoms with E-state index in [4.69, 9.17) is 21.4 Å². The number of hydrogen-bond donors (Lipinski definition) is 2. The van der Waals surface area contributed by atoms with Gasteiger partial charge in [-0.1, -0.05) is 35.9 Å². The van der Waals surface area contributed by atoms with Crippen LogP contribution in [0.3, 0.4) is 0 Å². The third-order valence-electron chi connectivity index (χ3n) is 4.36. The molecule has 0 radical (unpaired) electrons. The summed E-state index contributed by atoms with van der Waals surface area (Å²) in [4.78, 5) is 26.9. The van der Waals surface area contributed by atoms with Crippen molar-refractivity contribution in [3.8, 4) is 5.75 Å². The summed E-state index contributed by atoms with van der Waals surface area (Å²) < 4.78 is 5.16. The zero-order valence-corrected chi connectivity index (χ0v) is 16.8. The number of halogens is 1. The van der Waals surface area contributed by atoms with Crippen LogP contribution < -0.4 is 10.1 Å². The first-order valence-electron chi connectivity index (χ1n) is 9.00. The Hall–Kier alpha value is -2.57. The second-order valence-electron chi connectivity index (χ2n) is 6.36. The maximum Gasteiger partial charge on any atom is 0.242 e. The highest BCUT2D eigenvalue weighted by Crippen LogP contribution is 2.17. The lowest BCUT2D eigenvalue weighted by atomic mass is 10.1. The van der Waals surface area contributed by atoms with Gasteiger partial charge in [0.15, 0.2) is 0 Å². The van der Waals surface area contributed by atoms with Crippen molar-refractivity contribution in [3.63, 3.8) is 0 Å². The third kappa shape index (κ3) is 6.25. The Morgan fingerprint density at radius 2 is 1.71 bits per heavy atom. The normalized spacial score (nSPS) is 11.6.